The molecule has 1 amide bonds. The summed E-state index contributed by atoms with van der Waals surface area (Å²) in [6.07, 6.45) is 1.92. The first kappa shape index (κ1) is 19.6. The lowest BCUT2D eigenvalue weighted by Crippen LogP contribution is -2.30. The van der Waals surface area contributed by atoms with Gasteiger partial charge in [-0.3, -0.25) is 4.79 Å². The molecule has 0 radical (unpaired) electrons. The van der Waals surface area contributed by atoms with Crippen LogP contribution in [-0.2, 0) is 27.7 Å². The Morgan fingerprint density at radius 3 is 2.37 bits per heavy atom. The Kier molecular flexibility index (Phi) is 5.97. The molecule has 27 heavy (non-hydrogen) atoms. The minimum absolute atomic E-state index is 0.111. The first-order valence-corrected chi connectivity index (χ1v) is 10.9. The van der Waals surface area contributed by atoms with E-state index >= 15 is 0 Å². The molecule has 0 saturated carbocycles. The molecule has 0 aromatic heterocycles. The molecule has 0 spiro atoms. The van der Waals surface area contributed by atoms with Crippen molar-refractivity contribution in [3.63, 3.8) is 0 Å². The Balaban J connectivity index is 1.63. The first-order valence-electron chi connectivity index (χ1n) is 9.44. The van der Waals surface area contributed by atoms with Crippen LogP contribution in [0.2, 0.25) is 0 Å². The molecular formula is C21H26N2O3S. The quantitative estimate of drug-likeness (QED) is 0.734. The topological polar surface area (TPSA) is 57.7 Å². The lowest BCUT2D eigenvalue weighted by Gasteiger charge is -2.19. The zero-order valence-electron chi connectivity index (χ0n) is 15.9. The van der Waals surface area contributed by atoms with Gasteiger partial charge in [0.05, 0.1) is 4.90 Å². The lowest BCUT2D eigenvalue weighted by atomic mass is 10.1. The number of para-hydroxylation sites is 1. The van der Waals surface area contributed by atoms with E-state index in [2.05, 4.69) is 6.07 Å². The highest BCUT2D eigenvalue weighted by Crippen LogP contribution is 2.28. The Hall–Kier alpha value is -2.18. The van der Waals surface area contributed by atoms with Crippen molar-refractivity contribution in [3.8, 4) is 0 Å². The third-order valence-electron chi connectivity index (χ3n) is 5.08. The number of aryl methyl sites for hydroxylation is 1. The third kappa shape index (κ3) is 4.06. The molecule has 0 N–H and O–H groups in total. The van der Waals surface area contributed by atoms with E-state index in [0.29, 0.717) is 30.8 Å². The van der Waals surface area contributed by atoms with Crippen molar-refractivity contribution in [1.29, 1.82) is 0 Å². The van der Waals surface area contributed by atoms with E-state index in [0.717, 1.165) is 24.2 Å². The fourth-order valence-electron chi connectivity index (χ4n) is 3.52. The van der Waals surface area contributed by atoms with E-state index in [4.69, 9.17) is 0 Å². The third-order valence-corrected chi connectivity index (χ3v) is 7.15. The van der Waals surface area contributed by atoms with Crippen LogP contribution >= 0.6 is 0 Å². The minimum atomic E-state index is -3.44. The number of amides is 1. The van der Waals surface area contributed by atoms with Gasteiger partial charge in [0.1, 0.15) is 0 Å². The molecular weight excluding hydrogens is 360 g/mol. The van der Waals surface area contributed by atoms with Crippen molar-refractivity contribution in [2.75, 3.05) is 24.5 Å². The summed E-state index contributed by atoms with van der Waals surface area (Å²) >= 11 is 0. The van der Waals surface area contributed by atoms with E-state index in [9.17, 15) is 13.2 Å². The molecule has 3 rings (SSSR count). The highest BCUT2D eigenvalue weighted by Gasteiger charge is 2.24. The van der Waals surface area contributed by atoms with Crippen LogP contribution < -0.4 is 4.90 Å². The normalized spacial score (nSPS) is 13.8. The SMILES string of the molecule is CCN(CC)S(=O)(=O)c1ccc(CCC(=O)N2CCc3ccccc32)cc1. The fraction of sp³-hybridized carbons (Fsp3) is 0.381. The van der Waals surface area contributed by atoms with Crippen LogP contribution in [0.5, 0.6) is 0 Å². The summed E-state index contributed by atoms with van der Waals surface area (Å²) in [6.45, 7) is 5.30. The minimum Gasteiger partial charge on any atom is -0.312 e. The van der Waals surface area contributed by atoms with Crippen LogP contribution in [0.3, 0.4) is 0 Å². The monoisotopic (exact) mass is 386 g/mol. The van der Waals surface area contributed by atoms with Gasteiger partial charge in [0.2, 0.25) is 15.9 Å². The predicted molar refractivity (Wildman–Crippen MR) is 107 cm³/mol. The van der Waals surface area contributed by atoms with Gasteiger partial charge in [-0.1, -0.05) is 44.2 Å². The van der Waals surface area contributed by atoms with Gasteiger partial charge in [-0.25, -0.2) is 8.42 Å². The zero-order valence-corrected chi connectivity index (χ0v) is 16.7. The molecule has 0 bridgehead atoms. The maximum Gasteiger partial charge on any atom is 0.243 e. The fourth-order valence-corrected chi connectivity index (χ4v) is 4.98. The second-order valence-corrected chi connectivity index (χ2v) is 8.60. The number of anilines is 1. The van der Waals surface area contributed by atoms with Gasteiger partial charge in [-0.2, -0.15) is 4.31 Å². The average Bonchev–Trinajstić information content (AvgIpc) is 3.11. The molecule has 2 aromatic rings. The highest BCUT2D eigenvalue weighted by atomic mass is 32.2. The van der Waals surface area contributed by atoms with Crippen LogP contribution in [0.4, 0.5) is 5.69 Å². The van der Waals surface area contributed by atoms with Crippen molar-refractivity contribution in [1.82, 2.24) is 4.31 Å². The van der Waals surface area contributed by atoms with Gasteiger partial charge >= 0.3 is 0 Å². The van der Waals surface area contributed by atoms with Gasteiger partial charge in [-0.05, 0) is 42.2 Å². The smallest absolute Gasteiger partial charge is 0.243 e. The molecule has 1 aliphatic heterocycles. The van der Waals surface area contributed by atoms with Gasteiger partial charge in [0.15, 0.2) is 0 Å². The van der Waals surface area contributed by atoms with E-state index < -0.39 is 10.0 Å². The van der Waals surface area contributed by atoms with Gasteiger partial charge in [0, 0.05) is 31.7 Å². The lowest BCUT2D eigenvalue weighted by molar-refractivity contribution is -0.118. The Morgan fingerprint density at radius 1 is 1.04 bits per heavy atom. The second kappa shape index (κ2) is 8.23. The number of fused-ring (bicyclic) bond motifs is 1. The number of rotatable bonds is 7. The molecule has 5 nitrogen and oxygen atoms in total. The highest BCUT2D eigenvalue weighted by molar-refractivity contribution is 7.89. The molecule has 0 atom stereocenters. The molecule has 1 heterocycles. The first-order chi connectivity index (χ1) is 13.0. The number of sulfonamides is 1. The van der Waals surface area contributed by atoms with E-state index in [1.165, 1.54) is 9.87 Å². The molecule has 0 unspecified atom stereocenters. The van der Waals surface area contributed by atoms with Crippen LogP contribution in [0.25, 0.3) is 0 Å². The number of benzene rings is 2. The van der Waals surface area contributed by atoms with E-state index in [1.54, 1.807) is 12.1 Å². The number of carbonyl (C=O) groups excluding carboxylic acids is 1. The molecule has 0 saturated heterocycles. The summed E-state index contributed by atoms with van der Waals surface area (Å²) < 4.78 is 26.5. The predicted octanol–water partition coefficient (Wildman–Crippen LogP) is 3.24. The van der Waals surface area contributed by atoms with Crippen molar-refractivity contribution < 1.29 is 13.2 Å². The largest absolute Gasteiger partial charge is 0.312 e. The van der Waals surface area contributed by atoms with Crippen LogP contribution in [-0.4, -0.2) is 38.3 Å². The zero-order chi connectivity index (χ0) is 19.4. The molecule has 0 aliphatic carbocycles. The summed E-state index contributed by atoms with van der Waals surface area (Å²) in [5.74, 6) is 0.111. The molecule has 2 aromatic carbocycles. The van der Waals surface area contributed by atoms with Crippen molar-refractivity contribution in [3.05, 3.63) is 59.7 Å². The molecule has 144 valence electrons. The summed E-state index contributed by atoms with van der Waals surface area (Å²) in [7, 11) is -3.44. The standard InChI is InChI=1S/C21H26N2O3S/c1-3-22(4-2)27(25,26)19-12-9-17(10-13-19)11-14-21(24)23-16-15-18-7-5-6-8-20(18)23/h5-10,12-13H,3-4,11,14-16H2,1-2H3. The van der Waals surface area contributed by atoms with Gasteiger partial charge in [0.25, 0.3) is 0 Å². The van der Waals surface area contributed by atoms with E-state index in [1.807, 2.05) is 49.1 Å². The number of hydrogen-bond donors (Lipinski definition) is 0. The maximum atomic E-state index is 12.6. The molecule has 0 fully saturated rings. The number of nitrogens with zero attached hydrogens (tertiary/aromatic N) is 2. The van der Waals surface area contributed by atoms with Gasteiger partial charge < -0.3 is 4.90 Å². The van der Waals surface area contributed by atoms with Crippen LogP contribution in [0, 0.1) is 0 Å². The maximum absolute atomic E-state index is 12.6. The second-order valence-electron chi connectivity index (χ2n) is 6.66. The summed E-state index contributed by atoms with van der Waals surface area (Å²) in [6, 6.07) is 14.9. The Bertz CT molecular complexity index is 903. The molecule has 1 aliphatic rings. The van der Waals surface area contributed by atoms with Crippen molar-refractivity contribution >= 4 is 21.6 Å². The Labute approximate surface area is 161 Å². The number of carbonyl (C=O) groups is 1. The van der Waals surface area contributed by atoms with Gasteiger partial charge in [-0.15, -0.1) is 0 Å². The van der Waals surface area contributed by atoms with Crippen molar-refractivity contribution in [2.45, 2.75) is 38.0 Å². The van der Waals surface area contributed by atoms with E-state index in [-0.39, 0.29) is 5.91 Å². The van der Waals surface area contributed by atoms with Crippen LogP contribution in [0.15, 0.2) is 53.4 Å². The summed E-state index contributed by atoms with van der Waals surface area (Å²) in [4.78, 5) is 14.8. The molecule has 6 heteroatoms. The average molecular weight is 387 g/mol. The Morgan fingerprint density at radius 2 is 1.70 bits per heavy atom. The summed E-state index contributed by atoms with van der Waals surface area (Å²) in [5.41, 5.74) is 3.20. The summed E-state index contributed by atoms with van der Waals surface area (Å²) in [5, 5.41) is 0. The number of hydrogen-bond acceptors (Lipinski definition) is 3. The van der Waals surface area contributed by atoms with Crippen molar-refractivity contribution in [2.24, 2.45) is 0 Å². The van der Waals surface area contributed by atoms with Crippen LogP contribution in [0.1, 0.15) is 31.4 Å².